The van der Waals surface area contributed by atoms with E-state index in [1.807, 2.05) is 49.1 Å². The smallest absolute Gasteiger partial charge is 0.409 e. The molecule has 0 radical (unpaired) electrons. The molecule has 212 valence electrons. The number of carbonyl (C=O) groups is 2. The lowest BCUT2D eigenvalue weighted by Crippen LogP contribution is -2.58. The molecule has 14 heteroatoms. The molecular formula is C26H35N11O3. The van der Waals surface area contributed by atoms with Gasteiger partial charge in [-0.3, -0.25) is 4.79 Å². The topological polar surface area (TPSA) is 151 Å². The summed E-state index contributed by atoms with van der Waals surface area (Å²) in [6.45, 7) is 9.71. The van der Waals surface area contributed by atoms with Crippen molar-refractivity contribution in [2.45, 2.75) is 32.9 Å². The molecule has 5 rings (SSSR count). The fraction of sp³-hybridized carbons (Fsp3) is 0.462. The van der Waals surface area contributed by atoms with Crippen LogP contribution in [0, 0.1) is 0 Å². The van der Waals surface area contributed by atoms with E-state index in [0.717, 1.165) is 30.3 Å². The van der Waals surface area contributed by atoms with Crippen LogP contribution in [0.2, 0.25) is 0 Å². The molecule has 0 spiro atoms. The lowest BCUT2D eigenvalue weighted by molar-refractivity contribution is -0.133. The fourth-order valence-corrected chi connectivity index (χ4v) is 5.46. The molecule has 4 heterocycles. The monoisotopic (exact) mass is 549 g/mol. The molecule has 2 aliphatic rings. The number of hydrogen-bond donors (Lipinski definition) is 2. The second-order valence-electron chi connectivity index (χ2n) is 10.1. The van der Waals surface area contributed by atoms with E-state index in [4.69, 9.17) is 10.5 Å². The Morgan fingerprint density at radius 3 is 2.25 bits per heavy atom. The van der Waals surface area contributed by atoms with Gasteiger partial charge in [-0.2, -0.15) is 9.67 Å². The van der Waals surface area contributed by atoms with Crippen molar-refractivity contribution in [3.05, 3.63) is 36.7 Å². The van der Waals surface area contributed by atoms with Crippen LogP contribution in [0.3, 0.4) is 0 Å². The number of nitrogens with one attached hydrogen (secondary N) is 1. The third-order valence-electron chi connectivity index (χ3n) is 7.30. The van der Waals surface area contributed by atoms with Gasteiger partial charge >= 0.3 is 6.09 Å². The minimum Gasteiger partial charge on any atom is -0.453 e. The average Bonchev–Trinajstić information content (AvgIpc) is 3.32. The molecule has 2 fully saturated rings. The molecule has 2 saturated heterocycles. The van der Waals surface area contributed by atoms with E-state index in [9.17, 15) is 9.59 Å². The quantitative estimate of drug-likeness (QED) is 0.479. The molecule has 0 saturated carbocycles. The number of nitrogens with two attached hydrogens (primary N) is 1. The fourth-order valence-electron chi connectivity index (χ4n) is 5.46. The van der Waals surface area contributed by atoms with Crippen molar-refractivity contribution < 1.29 is 14.3 Å². The van der Waals surface area contributed by atoms with Crippen LogP contribution in [-0.2, 0) is 9.53 Å². The maximum Gasteiger partial charge on any atom is 0.409 e. The van der Waals surface area contributed by atoms with Gasteiger partial charge in [-0.15, -0.1) is 5.10 Å². The van der Waals surface area contributed by atoms with Crippen LogP contribution < -0.4 is 20.9 Å². The van der Waals surface area contributed by atoms with Crippen LogP contribution in [0.25, 0.3) is 5.82 Å². The molecule has 1 aromatic carbocycles. The van der Waals surface area contributed by atoms with Gasteiger partial charge < -0.3 is 35.4 Å². The molecule has 0 aliphatic carbocycles. The van der Waals surface area contributed by atoms with Crippen LogP contribution in [0.4, 0.5) is 33.9 Å². The number of ether oxygens (including phenoxy) is 1. The largest absolute Gasteiger partial charge is 0.453 e. The molecule has 2 atom stereocenters. The summed E-state index contributed by atoms with van der Waals surface area (Å²) in [5, 5.41) is 7.72. The Bertz CT molecular complexity index is 1340. The molecular weight excluding hydrogens is 514 g/mol. The first kappa shape index (κ1) is 27.0. The summed E-state index contributed by atoms with van der Waals surface area (Å²) < 4.78 is 6.28. The number of anilines is 5. The molecule has 0 unspecified atom stereocenters. The van der Waals surface area contributed by atoms with Gasteiger partial charge in [-0.05, 0) is 38.1 Å². The van der Waals surface area contributed by atoms with Gasteiger partial charge in [-0.25, -0.2) is 14.8 Å². The van der Waals surface area contributed by atoms with E-state index in [1.54, 1.807) is 11.8 Å². The Morgan fingerprint density at radius 1 is 0.975 bits per heavy atom. The number of piperazine rings is 2. The molecule has 2 aliphatic heterocycles. The van der Waals surface area contributed by atoms with E-state index in [1.165, 1.54) is 18.1 Å². The summed E-state index contributed by atoms with van der Waals surface area (Å²) >= 11 is 0. The third-order valence-corrected chi connectivity index (χ3v) is 7.30. The molecule has 14 nitrogen and oxygen atoms in total. The van der Waals surface area contributed by atoms with Gasteiger partial charge in [0, 0.05) is 75.7 Å². The normalized spacial score (nSPS) is 19.5. The molecule has 2 aromatic heterocycles. The summed E-state index contributed by atoms with van der Waals surface area (Å²) in [4.78, 5) is 44.9. The first-order valence-electron chi connectivity index (χ1n) is 13.3. The number of rotatable bonds is 5. The van der Waals surface area contributed by atoms with Crippen molar-refractivity contribution in [2.24, 2.45) is 0 Å². The van der Waals surface area contributed by atoms with Crippen LogP contribution in [0.5, 0.6) is 0 Å². The number of carbonyl (C=O) groups excluding carboxylic acids is 2. The number of hydrogen-bond acceptors (Lipinski definition) is 11. The number of aromatic nitrogens is 5. The van der Waals surface area contributed by atoms with E-state index < -0.39 is 0 Å². The third kappa shape index (κ3) is 5.55. The second kappa shape index (κ2) is 11.2. The zero-order valence-corrected chi connectivity index (χ0v) is 23.2. The highest BCUT2D eigenvalue weighted by Crippen LogP contribution is 2.25. The first-order valence-corrected chi connectivity index (χ1v) is 13.3. The van der Waals surface area contributed by atoms with Crippen molar-refractivity contribution in [3.63, 3.8) is 0 Å². The van der Waals surface area contributed by atoms with Gasteiger partial charge in [0.1, 0.15) is 12.1 Å². The number of amides is 2. The van der Waals surface area contributed by atoms with Gasteiger partial charge in [0.2, 0.25) is 17.8 Å². The van der Waals surface area contributed by atoms with Crippen molar-refractivity contribution in [3.8, 4) is 5.82 Å². The Labute approximate surface area is 232 Å². The van der Waals surface area contributed by atoms with Gasteiger partial charge in [0.25, 0.3) is 0 Å². The lowest BCUT2D eigenvalue weighted by atomic mass is 10.1. The first-order chi connectivity index (χ1) is 19.2. The van der Waals surface area contributed by atoms with Crippen LogP contribution in [0.15, 0.2) is 36.7 Å². The van der Waals surface area contributed by atoms with Crippen LogP contribution >= 0.6 is 0 Å². The van der Waals surface area contributed by atoms with E-state index in [2.05, 4.69) is 35.2 Å². The highest BCUT2D eigenvalue weighted by atomic mass is 16.5. The van der Waals surface area contributed by atoms with Crippen molar-refractivity contribution in [1.82, 2.24) is 34.5 Å². The van der Waals surface area contributed by atoms with Gasteiger partial charge in [0.05, 0.1) is 7.11 Å². The maximum atomic E-state index is 12.0. The minimum atomic E-state index is -0.291. The molecule has 2 amide bonds. The SMILES string of the molecule is COC(=O)N1CCN(c2ccc(Nc3nc(N)n(-c4cc(N5C[C@@H](C)N(C(C)=O)[C@@H](C)C5)ncn4)n3)cc2)CC1. The summed E-state index contributed by atoms with van der Waals surface area (Å²) in [6, 6.07) is 9.87. The summed E-state index contributed by atoms with van der Waals surface area (Å²) in [7, 11) is 1.40. The maximum absolute atomic E-state index is 12.0. The molecule has 3 aromatic rings. The number of nitrogen functional groups attached to an aromatic ring is 1. The number of nitrogens with zero attached hydrogens (tertiary/aromatic N) is 9. The lowest BCUT2D eigenvalue weighted by Gasteiger charge is -2.44. The predicted octanol–water partition coefficient (Wildman–Crippen LogP) is 1.72. The standard InChI is InChI=1S/C26H35N11O3/c1-17-14-35(15-18(2)36(17)19(3)38)22-13-23(29-16-28-22)37-24(27)31-25(32-37)30-20-5-7-21(8-6-20)33-9-11-34(12-10-33)26(39)40-4/h5-8,13,16-18H,9-12,14-15H2,1-4H3,(H3,27,30,31,32)/t17-,18+. The van der Waals surface area contributed by atoms with Gasteiger partial charge in [-0.1, -0.05) is 0 Å². The number of benzene rings is 1. The Morgan fingerprint density at radius 2 is 1.62 bits per heavy atom. The molecule has 3 N–H and O–H groups in total. The highest BCUT2D eigenvalue weighted by Gasteiger charge is 2.32. The number of methoxy groups -OCH3 is 1. The molecule has 40 heavy (non-hydrogen) atoms. The van der Waals surface area contributed by atoms with Crippen LogP contribution in [0.1, 0.15) is 20.8 Å². The minimum absolute atomic E-state index is 0.0581. The van der Waals surface area contributed by atoms with E-state index >= 15 is 0 Å². The summed E-state index contributed by atoms with van der Waals surface area (Å²) in [6.07, 6.45) is 1.19. The van der Waals surface area contributed by atoms with Crippen LogP contribution in [-0.4, -0.2) is 105 Å². The zero-order valence-electron chi connectivity index (χ0n) is 23.2. The van der Waals surface area contributed by atoms with Crippen molar-refractivity contribution in [2.75, 3.05) is 67.2 Å². The predicted molar refractivity (Wildman–Crippen MR) is 151 cm³/mol. The van der Waals surface area contributed by atoms with Crippen molar-refractivity contribution in [1.29, 1.82) is 0 Å². The Balaban J connectivity index is 1.24. The average molecular weight is 550 g/mol. The summed E-state index contributed by atoms with van der Waals surface area (Å²) in [5.41, 5.74) is 8.08. The molecule has 0 bridgehead atoms. The van der Waals surface area contributed by atoms with Gasteiger partial charge in [0.15, 0.2) is 5.82 Å². The Hall–Kier alpha value is -4.62. The summed E-state index contributed by atoms with van der Waals surface area (Å²) in [5.74, 6) is 1.84. The van der Waals surface area contributed by atoms with E-state index in [0.29, 0.717) is 37.9 Å². The highest BCUT2D eigenvalue weighted by molar-refractivity contribution is 5.74. The second-order valence-corrected chi connectivity index (χ2v) is 10.1. The van der Waals surface area contributed by atoms with E-state index in [-0.39, 0.29) is 30.0 Å². The zero-order chi connectivity index (χ0) is 28.4. The Kier molecular flexibility index (Phi) is 7.58. The van der Waals surface area contributed by atoms with Crippen molar-refractivity contribution >= 4 is 41.1 Å².